The van der Waals surface area contributed by atoms with Crippen molar-refractivity contribution in [2.75, 3.05) is 25.1 Å². The molecule has 2 heterocycles. The standard InChI is InChI=1S/C14H17N3O/c1-18-11-6-8-17(9-7-11)14-10-15-12-4-2-3-5-13(12)16-14/h2-5,10-11H,6-9H2,1H3. The highest BCUT2D eigenvalue weighted by molar-refractivity contribution is 5.75. The molecule has 0 bridgehead atoms. The number of hydrogen-bond donors (Lipinski definition) is 0. The Balaban J connectivity index is 1.82. The zero-order chi connectivity index (χ0) is 12.4. The summed E-state index contributed by atoms with van der Waals surface area (Å²) in [5, 5.41) is 0. The molecule has 0 spiro atoms. The summed E-state index contributed by atoms with van der Waals surface area (Å²) in [7, 11) is 1.79. The van der Waals surface area contributed by atoms with E-state index in [0.29, 0.717) is 6.10 Å². The van der Waals surface area contributed by atoms with Crippen LogP contribution in [-0.4, -0.2) is 36.3 Å². The van der Waals surface area contributed by atoms with Gasteiger partial charge in [-0.2, -0.15) is 0 Å². The van der Waals surface area contributed by atoms with Crippen molar-refractivity contribution < 1.29 is 4.74 Å². The number of nitrogens with zero attached hydrogens (tertiary/aromatic N) is 3. The van der Waals surface area contributed by atoms with Crippen LogP contribution in [0.1, 0.15) is 12.8 Å². The van der Waals surface area contributed by atoms with E-state index in [1.807, 2.05) is 30.5 Å². The third-order valence-corrected chi connectivity index (χ3v) is 3.54. The van der Waals surface area contributed by atoms with Crippen LogP contribution in [0, 0.1) is 0 Å². The van der Waals surface area contributed by atoms with Gasteiger partial charge in [0.1, 0.15) is 5.82 Å². The maximum atomic E-state index is 5.38. The van der Waals surface area contributed by atoms with Crippen molar-refractivity contribution in [3.05, 3.63) is 30.5 Å². The number of aromatic nitrogens is 2. The molecule has 1 saturated heterocycles. The van der Waals surface area contributed by atoms with Gasteiger partial charge in [0.25, 0.3) is 0 Å². The highest BCUT2D eigenvalue weighted by atomic mass is 16.5. The predicted octanol–water partition coefficient (Wildman–Crippen LogP) is 2.25. The molecule has 1 aliphatic heterocycles. The topological polar surface area (TPSA) is 38.2 Å². The highest BCUT2D eigenvalue weighted by Crippen LogP contribution is 2.20. The molecular formula is C14H17N3O. The first-order valence-corrected chi connectivity index (χ1v) is 6.36. The second-order valence-corrected chi connectivity index (χ2v) is 4.64. The summed E-state index contributed by atoms with van der Waals surface area (Å²) < 4.78 is 5.38. The molecule has 94 valence electrons. The number of para-hydroxylation sites is 2. The minimum absolute atomic E-state index is 0.398. The van der Waals surface area contributed by atoms with Crippen molar-refractivity contribution in [1.82, 2.24) is 9.97 Å². The van der Waals surface area contributed by atoms with Crippen LogP contribution in [0.5, 0.6) is 0 Å². The zero-order valence-electron chi connectivity index (χ0n) is 10.5. The molecule has 0 amide bonds. The van der Waals surface area contributed by atoms with Crippen molar-refractivity contribution in [3.8, 4) is 0 Å². The van der Waals surface area contributed by atoms with E-state index in [1.165, 1.54) is 0 Å². The van der Waals surface area contributed by atoms with Gasteiger partial charge in [0, 0.05) is 20.2 Å². The third kappa shape index (κ3) is 2.16. The fourth-order valence-corrected chi connectivity index (χ4v) is 2.42. The van der Waals surface area contributed by atoms with Crippen molar-refractivity contribution in [3.63, 3.8) is 0 Å². The van der Waals surface area contributed by atoms with Gasteiger partial charge >= 0.3 is 0 Å². The number of ether oxygens (including phenoxy) is 1. The van der Waals surface area contributed by atoms with Crippen LogP contribution >= 0.6 is 0 Å². The van der Waals surface area contributed by atoms with E-state index >= 15 is 0 Å². The Morgan fingerprint density at radius 3 is 2.61 bits per heavy atom. The molecule has 4 heteroatoms. The van der Waals surface area contributed by atoms with Gasteiger partial charge in [-0.1, -0.05) is 12.1 Å². The molecule has 18 heavy (non-hydrogen) atoms. The SMILES string of the molecule is COC1CCN(c2cnc3ccccc3n2)CC1. The van der Waals surface area contributed by atoms with E-state index in [-0.39, 0.29) is 0 Å². The molecule has 3 rings (SSSR count). The smallest absolute Gasteiger partial charge is 0.147 e. The predicted molar refractivity (Wildman–Crippen MR) is 71.8 cm³/mol. The molecule has 0 saturated carbocycles. The van der Waals surface area contributed by atoms with Gasteiger partial charge in [-0.05, 0) is 25.0 Å². The molecule has 0 aliphatic carbocycles. The van der Waals surface area contributed by atoms with Crippen molar-refractivity contribution in [2.45, 2.75) is 18.9 Å². The number of fused-ring (bicyclic) bond motifs is 1. The van der Waals surface area contributed by atoms with Crippen LogP contribution in [0.15, 0.2) is 30.5 Å². The van der Waals surface area contributed by atoms with Crippen LogP contribution in [0.4, 0.5) is 5.82 Å². The van der Waals surface area contributed by atoms with Gasteiger partial charge in [0.05, 0.1) is 23.3 Å². The average molecular weight is 243 g/mol. The summed E-state index contributed by atoms with van der Waals surface area (Å²) in [5.41, 5.74) is 1.91. The lowest BCUT2D eigenvalue weighted by atomic mass is 10.1. The van der Waals surface area contributed by atoms with Crippen molar-refractivity contribution >= 4 is 16.9 Å². The molecule has 1 aromatic carbocycles. The van der Waals surface area contributed by atoms with Crippen LogP contribution in [-0.2, 0) is 4.74 Å². The molecule has 2 aromatic rings. The quantitative estimate of drug-likeness (QED) is 0.811. The minimum atomic E-state index is 0.398. The fraction of sp³-hybridized carbons (Fsp3) is 0.429. The lowest BCUT2D eigenvalue weighted by Crippen LogP contribution is -2.37. The van der Waals surface area contributed by atoms with E-state index < -0.39 is 0 Å². The molecule has 1 fully saturated rings. The summed E-state index contributed by atoms with van der Waals surface area (Å²) in [6.45, 7) is 1.98. The number of hydrogen-bond acceptors (Lipinski definition) is 4. The highest BCUT2D eigenvalue weighted by Gasteiger charge is 2.19. The average Bonchev–Trinajstić information content (AvgIpc) is 2.47. The fourth-order valence-electron chi connectivity index (χ4n) is 2.42. The van der Waals surface area contributed by atoms with Gasteiger partial charge in [0.2, 0.25) is 0 Å². The summed E-state index contributed by atoms with van der Waals surface area (Å²) in [4.78, 5) is 11.4. The Morgan fingerprint density at radius 1 is 1.17 bits per heavy atom. The Labute approximate surface area is 107 Å². The zero-order valence-corrected chi connectivity index (χ0v) is 10.5. The molecule has 0 unspecified atom stereocenters. The van der Waals surface area contributed by atoms with E-state index in [0.717, 1.165) is 42.8 Å². The summed E-state index contributed by atoms with van der Waals surface area (Å²) in [5.74, 6) is 0.975. The lowest BCUT2D eigenvalue weighted by Gasteiger charge is -2.31. The van der Waals surface area contributed by atoms with Gasteiger partial charge in [-0.3, -0.25) is 4.98 Å². The van der Waals surface area contributed by atoms with E-state index in [4.69, 9.17) is 4.74 Å². The molecular weight excluding hydrogens is 226 g/mol. The van der Waals surface area contributed by atoms with E-state index in [2.05, 4.69) is 14.9 Å². The Kier molecular flexibility index (Phi) is 3.11. The molecule has 1 aromatic heterocycles. The maximum Gasteiger partial charge on any atom is 0.147 e. The largest absolute Gasteiger partial charge is 0.381 e. The molecule has 4 nitrogen and oxygen atoms in total. The number of methoxy groups -OCH3 is 1. The second kappa shape index (κ2) is 4.90. The number of benzene rings is 1. The molecule has 1 aliphatic rings. The first kappa shape index (κ1) is 11.4. The Morgan fingerprint density at radius 2 is 1.89 bits per heavy atom. The van der Waals surface area contributed by atoms with Crippen molar-refractivity contribution in [1.29, 1.82) is 0 Å². The number of piperidine rings is 1. The molecule has 0 N–H and O–H groups in total. The summed E-state index contributed by atoms with van der Waals surface area (Å²) >= 11 is 0. The lowest BCUT2D eigenvalue weighted by molar-refractivity contribution is 0.0818. The van der Waals surface area contributed by atoms with E-state index in [1.54, 1.807) is 7.11 Å². The first-order chi connectivity index (χ1) is 8.86. The van der Waals surface area contributed by atoms with Crippen LogP contribution in [0.3, 0.4) is 0 Å². The first-order valence-electron chi connectivity index (χ1n) is 6.36. The third-order valence-electron chi connectivity index (χ3n) is 3.54. The van der Waals surface area contributed by atoms with Crippen molar-refractivity contribution in [2.24, 2.45) is 0 Å². The van der Waals surface area contributed by atoms with Crippen LogP contribution in [0.2, 0.25) is 0 Å². The van der Waals surface area contributed by atoms with Gasteiger partial charge in [-0.15, -0.1) is 0 Å². The number of rotatable bonds is 2. The maximum absolute atomic E-state index is 5.38. The molecule has 0 radical (unpaired) electrons. The normalized spacial score (nSPS) is 17.3. The number of anilines is 1. The monoisotopic (exact) mass is 243 g/mol. The Hall–Kier alpha value is -1.68. The second-order valence-electron chi connectivity index (χ2n) is 4.64. The van der Waals surface area contributed by atoms with Gasteiger partial charge in [-0.25, -0.2) is 4.98 Å². The minimum Gasteiger partial charge on any atom is -0.381 e. The summed E-state index contributed by atoms with van der Waals surface area (Å²) in [6, 6.07) is 7.98. The van der Waals surface area contributed by atoms with Gasteiger partial charge in [0.15, 0.2) is 0 Å². The van der Waals surface area contributed by atoms with Crippen LogP contribution < -0.4 is 4.90 Å². The molecule has 0 atom stereocenters. The van der Waals surface area contributed by atoms with E-state index in [9.17, 15) is 0 Å². The Bertz CT molecular complexity index is 535. The van der Waals surface area contributed by atoms with Crippen LogP contribution in [0.25, 0.3) is 11.0 Å². The summed E-state index contributed by atoms with van der Waals surface area (Å²) in [6.07, 6.45) is 4.39. The van der Waals surface area contributed by atoms with Gasteiger partial charge < -0.3 is 9.64 Å².